The molecule has 2 aromatic rings. The fourth-order valence-electron chi connectivity index (χ4n) is 4.79. The summed E-state index contributed by atoms with van der Waals surface area (Å²) in [5.74, 6) is -1.56. The molecule has 15 heteroatoms. The second kappa shape index (κ2) is 13.5. The van der Waals surface area contributed by atoms with Crippen LogP contribution in [-0.4, -0.2) is 66.8 Å². The minimum atomic E-state index is -4.77. The third-order valence-corrected chi connectivity index (χ3v) is 9.14. The molecule has 0 saturated carbocycles. The topological polar surface area (TPSA) is 145 Å². The molecule has 1 saturated heterocycles. The van der Waals surface area contributed by atoms with E-state index >= 15 is 0 Å². The Morgan fingerprint density at radius 3 is 2.42 bits per heavy atom. The van der Waals surface area contributed by atoms with Gasteiger partial charge in [0.05, 0.1) is 16.2 Å². The van der Waals surface area contributed by atoms with E-state index < -0.39 is 51.1 Å². The van der Waals surface area contributed by atoms with Crippen molar-refractivity contribution in [2.24, 2.45) is 0 Å². The van der Waals surface area contributed by atoms with Crippen molar-refractivity contribution >= 4 is 39.3 Å². The first-order valence-corrected chi connectivity index (χ1v) is 15.5. The maximum absolute atomic E-state index is 14.1. The maximum atomic E-state index is 14.1. The summed E-state index contributed by atoms with van der Waals surface area (Å²) >= 11 is 6.00. The van der Waals surface area contributed by atoms with Gasteiger partial charge in [0.15, 0.2) is 9.84 Å². The van der Waals surface area contributed by atoms with E-state index in [1.165, 1.54) is 51.1 Å². The first-order valence-electron chi connectivity index (χ1n) is 13.5. The highest BCUT2D eigenvalue weighted by Gasteiger charge is 2.36. The molecule has 0 radical (unpaired) electrons. The molecule has 43 heavy (non-hydrogen) atoms. The number of amides is 3. The van der Waals surface area contributed by atoms with Crippen molar-refractivity contribution in [2.75, 3.05) is 18.8 Å². The van der Waals surface area contributed by atoms with Crippen molar-refractivity contribution in [3.63, 3.8) is 0 Å². The Bertz CT molecular complexity index is 1480. The van der Waals surface area contributed by atoms with Gasteiger partial charge in [-0.1, -0.05) is 24.6 Å². The SMILES string of the molecule is CCS(=O)(=O)c1ccc(Cl)cc1CNC(=O)c1ccc(CN2CCC[C@H](NC(=O)C(C)(C)NC(=O)O)C2)c(C(F)(F)F)c1. The zero-order chi connectivity index (χ0) is 32.2. The van der Waals surface area contributed by atoms with Crippen LogP contribution in [0.25, 0.3) is 0 Å². The van der Waals surface area contributed by atoms with E-state index in [1.807, 2.05) is 0 Å². The van der Waals surface area contributed by atoms with Crippen molar-refractivity contribution in [1.82, 2.24) is 20.9 Å². The summed E-state index contributed by atoms with van der Waals surface area (Å²) in [5, 5.41) is 16.6. The van der Waals surface area contributed by atoms with Crippen LogP contribution in [-0.2, 0) is 33.9 Å². The zero-order valence-corrected chi connectivity index (χ0v) is 25.4. The number of nitrogens with zero attached hydrogens (tertiary/aromatic N) is 1. The minimum Gasteiger partial charge on any atom is -0.465 e. The molecule has 236 valence electrons. The van der Waals surface area contributed by atoms with Crippen LogP contribution < -0.4 is 16.0 Å². The highest BCUT2D eigenvalue weighted by Crippen LogP contribution is 2.34. The molecule has 0 aliphatic carbocycles. The number of benzene rings is 2. The first kappa shape index (κ1) is 34.1. The standard InChI is InChI=1S/C28H34ClF3N4O6S/c1-4-43(41,42)23-10-9-20(29)12-19(23)14-33-24(37)17-7-8-18(22(13-17)28(30,31)32)15-36-11-5-6-21(16-36)34-25(38)27(2,3)35-26(39)40/h7-10,12-13,21,35H,4-6,11,14-16H2,1-3H3,(H,33,37)(H,34,38)(H,39,40)/t21-/m0/s1. The smallest absolute Gasteiger partial charge is 0.416 e. The molecule has 0 aromatic heterocycles. The van der Waals surface area contributed by atoms with E-state index in [0.717, 1.165) is 6.07 Å². The lowest BCUT2D eigenvalue weighted by molar-refractivity contribution is -0.138. The molecule has 1 aliphatic rings. The Hall–Kier alpha value is -3.36. The molecule has 4 N–H and O–H groups in total. The van der Waals surface area contributed by atoms with Crippen LogP contribution in [0.5, 0.6) is 0 Å². The quantitative estimate of drug-likeness (QED) is 0.303. The lowest BCUT2D eigenvalue weighted by atomic mass is 9.99. The molecule has 3 amide bonds. The number of sulfone groups is 1. The van der Waals surface area contributed by atoms with E-state index in [-0.39, 0.29) is 52.0 Å². The number of carbonyl (C=O) groups is 3. The van der Waals surface area contributed by atoms with Crippen LogP contribution in [0, 0.1) is 0 Å². The Balaban J connectivity index is 1.74. The third kappa shape index (κ3) is 9.07. The van der Waals surface area contributed by atoms with Crippen molar-refractivity contribution in [1.29, 1.82) is 0 Å². The van der Waals surface area contributed by atoms with Crippen LogP contribution in [0.1, 0.15) is 60.7 Å². The van der Waals surface area contributed by atoms with Gasteiger partial charge in [0.25, 0.3) is 5.91 Å². The lowest BCUT2D eigenvalue weighted by Gasteiger charge is -2.35. The Morgan fingerprint density at radius 1 is 1.09 bits per heavy atom. The van der Waals surface area contributed by atoms with E-state index in [9.17, 15) is 36.0 Å². The van der Waals surface area contributed by atoms with Gasteiger partial charge in [-0.15, -0.1) is 0 Å². The van der Waals surface area contributed by atoms with Crippen LogP contribution in [0.15, 0.2) is 41.3 Å². The number of carbonyl (C=O) groups excluding carboxylic acids is 2. The summed E-state index contributed by atoms with van der Waals surface area (Å²) in [6.07, 6.45) is -4.96. The molecule has 1 aliphatic heterocycles. The minimum absolute atomic E-state index is 0.0243. The van der Waals surface area contributed by atoms with Crippen LogP contribution in [0.4, 0.5) is 18.0 Å². The number of halogens is 4. The second-order valence-corrected chi connectivity index (χ2v) is 13.5. The van der Waals surface area contributed by atoms with Gasteiger partial charge in [-0.2, -0.15) is 13.2 Å². The Kier molecular flexibility index (Phi) is 10.7. The van der Waals surface area contributed by atoms with E-state index in [2.05, 4.69) is 16.0 Å². The number of likely N-dealkylation sites (tertiary alicyclic amines) is 1. The molecular weight excluding hydrogens is 613 g/mol. The monoisotopic (exact) mass is 646 g/mol. The predicted octanol–water partition coefficient (Wildman–Crippen LogP) is 4.21. The van der Waals surface area contributed by atoms with Gasteiger partial charge in [0.2, 0.25) is 5.91 Å². The third-order valence-electron chi connectivity index (χ3n) is 7.08. The van der Waals surface area contributed by atoms with Crippen molar-refractivity contribution < 1.29 is 41.1 Å². The van der Waals surface area contributed by atoms with Gasteiger partial charge in [-0.05, 0) is 74.7 Å². The number of alkyl halides is 3. The molecule has 0 unspecified atom stereocenters. The van der Waals surface area contributed by atoms with E-state index in [0.29, 0.717) is 19.4 Å². The highest BCUT2D eigenvalue weighted by molar-refractivity contribution is 7.91. The molecule has 3 rings (SSSR count). The zero-order valence-electron chi connectivity index (χ0n) is 23.8. The summed E-state index contributed by atoms with van der Waals surface area (Å²) in [7, 11) is -3.64. The van der Waals surface area contributed by atoms with Gasteiger partial charge >= 0.3 is 12.3 Å². The fraction of sp³-hybridized carbons (Fsp3) is 0.464. The number of hydrogen-bond donors (Lipinski definition) is 4. The average molecular weight is 647 g/mol. The Labute approximate surface area is 252 Å². The first-order chi connectivity index (χ1) is 19.9. The molecule has 10 nitrogen and oxygen atoms in total. The summed E-state index contributed by atoms with van der Waals surface area (Å²) in [6.45, 7) is 4.64. The average Bonchev–Trinajstić information content (AvgIpc) is 2.90. The van der Waals surface area contributed by atoms with E-state index in [4.69, 9.17) is 16.7 Å². The normalized spacial score (nSPS) is 16.4. The van der Waals surface area contributed by atoms with Gasteiger partial charge in [-0.3, -0.25) is 14.5 Å². The maximum Gasteiger partial charge on any atom is 0.416 e. The fourth-order valence-corrected chi connectivity index (χ4v) is 6.10. The number of nitrogens with one attached hydrogen (secondary N) is 3. The molecule has 1 atom stereocenters. The molecule has 0 spiro atoms. The van der Waals surface area contributed by atoms with Crippen LogP contribution in [0.3, 0.4) is 0 Å². The lowest BCUT2D eigenvalue weighted by Crippen LogP contribution is -2.58. The summed E-state index contributed by atoms with van der Waals surface area (Å²) in [4.78, 5) is 38.1. The van der Waals surface area contributed by atoms with Crippen LogP contribution >= 0.6 is 11.6 Å². The molecule has 1 heterocycles. The molecule has 2 aromatic carbocycles. The number of piperidine rings is 1. The molecule has 0 bridgehead atoms. The van der Waals surface area contributed by atoms with Crippen molar-refractivity contribution in [2.45, 2.75) is 69.4 Å². The summed E-state index contributed by atoms with van der Waals surface area (Å²) < 4.78 is 67.2. The van der Waals surface area contributed by atoms with Gasteiger partial charge in [-0.25, -0.2) is 13.2 Å². The molecular formula is C28H34ClF3N4O6S. The number of carboxylic acid groups (broad SMARTS) is 1. The second-order valence-electron chi connectivity index (χ2n) is 10.8. The Morgan fingerprint density at radius 2 is 1.79 bits per heavy atom. The highest BCUT2D eigenvalue weighted by atomic mass is 35.5. The molecule has 1 fully saturated rings. The number of rotatable bonds is 10. The van der Waals surface area contributed by atoms with Gasteiger partial charge in [0.1, 0.15) is 5.54 Å². The van der Waals surface area contributed by atoms with Crippen molar-refractivity contribution in [3.05, 3.63) is 63.7 Å². The summed E-state index contributed by atoms with van der Waals surface area (Å²) in [6, 6.07) is 6.96. The van der Waals surface area contributed by atoms with Gasteiger partial charge < -0.3 is 21.1 Å². The summed E-state index contributed by atoms with van der Waals surface area (Å²) in [5.41, 5.74) is -2.49. The van der Waals surface area contributed by atoms with E-state index in [1.54, 1.807) is 4.90 Å². The predicted molar refractivity (Wildman–Crippen MR) is 153 cm³/mol. The van der Waals surface area contributed by atoms with Crippen LogP contribution in [0.2, 0.25) is 5.02 Å². The largest absolute Gasteiger partial charge is 0.465 e. The number of hydrogen-bond acceptors (Lipinski definition) is 6. The van der Waals surface area contributed by atoms with Crippen molar-refractivity contribution in [3.8, 4) is 0 Å². The van der Waals surface area contributed by atoms with Gasteiger partial charge in [0, 0.05) is 36.3 Å².